The molecule has 0 aliphatic rings. The summed E-state index contributed by atoms with van der Waals surface area (Å²) in [6, 6.07) is 20.6. The van der Waals surface area contributed by atoms with E-state index >= 15 is 0 Å². The minimum Gasteiger partial charge on any atom is -0.0664 e. The summed E-state index contributed by atoms with van der Waals surface area (Å²) in [5.41, 5.74) is 5.79. The van der Waals surface area contributed by atoms with Gasteiger partial charge in [0.05, 0.1) is 0 Å². The molecule has 21 heavy (non-hydrogen) atoms. The van der Waals surface area contributed by atoms with E-state index in [4.69, 9.17) is 0 Å². The largest absolute Gasteiger partial charge is 0.0664 e. The fourth-order valence-corrected chi connectivity index (χ4v) is 3.23. The topological polar surface area (TPSA) is 0 Å². The Labute approximate surface area is 129 Å². The maximum Gasteiger partial charge on any atom is 0.0248 e. The smallest absolute Gasteiger partial charge is 0.0248 e. The van der Waals surface area contributed by atoms with Crippen molar-refractivity contribution in [1.29, 1.82) is 0 Å². The van der Waals surface area contributed by atoms with Gasteiger partial charge in [-0.3, -0.25) is 0 Å². The highest BCUT2D eigenvalue weighted by Gasteiger charge is 2.19. The van der Waals surface area contributed by atoms with Gasteiger partial charge < -0.3 is 0 Å². The van der Waals surface area contributed by atoms with Gasteiger partial charge >= 0.3 is 0 Å². The van der Waals surface area contributed by atoms with E-state index in [1.165, 1.54) is 5.56 Å². The normalized spacial score (nSPS) is 12.7. The number of hydrogen-bond acceptors (Lipinski definition) is 0. The van der Waals surface area contributed by atoms with E-state index in [1.807, 2.05) is 24.3 Å². The van der Waals surface area contributed by atoms with Crippen molar-refractivity contribution in [3.05, 3.63) is 77.6 Å². The van der Waals surface area contributed by atoms with Crippen LogP contribution < -0.4 is 0 Å². The van der Waals surface area contributed by atoms with Crippen molar-refractivity contribution in [2.75, 3.05) is 0 Å². The molecular weight excluding hydrogens is 271 g/mol. The SMILES string of the molecule is CC(C)(C)P(C#Cc1ccccc1)/C=C/c1ccccc1. The summed E-state index contributed by atoms with van der Waals surface area (Å²) in [7, 11) is -0.491. The Balaban J connectivity index is 2.21. The predicted octanol–water partition coefficient (Wildman–Crippen LogP) is 5.95. The fourth-order valence-electron chi connectivity index (χ4n) is 1.80. The highest BCUT2D eigenvalue weighted by molar-refractivity contribution is 7.67. The lowest BCUT2D eigenvalue weighted by Crippen LogP contribution is -2.08. The lowest BCUT2D eigenvalue weighted by molar-refractivity contribution is 0.793. The maximum absolute atomic E-state index is 3.47. The van der Waals surface area contributed by atoms with Crippen LogP contribution in [0.4, 0.5) is 0 Å². The van der Waals surface area contributed by atoms with E-state index in [0.29, 0.717) is 0 Å². The highest BCUT2D eigenvalue weighted by Crippen LogP contribution is 2.50. The van der Waals surface area contributed by atoms with Gasteiger partial charge in [-0.2, -0.15) is 0 Å². The summed E-state index contributed by atoms with van der Waals surface area (Å²) in [4.78, 5) is 0. The Morgan fingerprint density at radius 2 is 1.43 bits per heavy atom. The Morgan fingerprint density at radius 1 is 0.857 bits per heavy atom. The third kappa shape index (κ3) is 5.22. The first-order chi connectivity index (χ1) is 10.1. The number of hydrogen-bond donors (Lipinski definition) is 0. The van der Waals surface area contributed by atoms with Gasteiger partial charge in [-0.1, -0.05) is 87.0 Å². The second-order valence-corrected chi connectivity index (χ2v) is 8.47. The van der Waals surface area contributed by atoms with Crippen molar-refractivity contribution in [3.63, 3.8) is 0 Å². The van der Waals surface area contributed by atoms with Gasteiger partial charge in [0.15, 0.2) is 0 Å². The van der Waals surface area contributed by atoms with Crippen molar-refractivity contribution < 1.29 is 0 Å². The third-order valence-corrected chi connectivity index (χ3v) is 5.28. The van der Waals surface area contributed by atoms with Gasteiger partial charge in [0.25, 0.3) is 0 Å². The van der Waals surface area contributed by atoms with E-state index in [0.717, 1.165) is 5.56 Å². The summed E-state index contributed by atoms with van der Waals surface area (Å²) in [6.07, 6.45) is 2.19. The number of rotatable bonds is 2. The van der Waals surface area contributed by atoms with Gasteiger partial charge in [-0.05, 0) is 28.7 Å². The standard InChI is InChI=1S/C20H21P/c1-20(2,3)21(16-14-18-10-6-4-7-11-18)17-15-19-12-8-5-9-13-19/h4-14,16H,1-3H3/b16-14+. The molecule has 0 bridgehead atoms. The quantitative estimate of drug-likeness (QED) is 0.474. The maximum atomic E-state index is 3.47. The first-order valence-electron chi connectivity index (χ1n) is 7.15. The molecule has 0 amide bonds. The van der Waals surface area contributed by atoms with Crippen LogP contribution in [0.5, 0.6) is 0 Å². The van der Waals surface area contributed by atoms with Gasteiger partial charge in [0.1, 0.15) is 0 Å². The molecule has 1 unspecified atom stereocenters. The monoisotopic (exact) mass is 292 g/mol. The van der Waals surface area contributed by atoms with Crippen LogP contribution in [-0.4, -0.2) is 5.16 Å². The zero-order valence-corrected chi connectivity index (χ0v) is 13.8. The Kier molecular flexibility index (Phi) is 5.38. The molecule has 0 radical (unpaired) electrons. The third-order valence-electron chi connectivity index (χ3n) is 3.03. The molecule has 2 aromatic carbocycles. The Morgan fingerprint density at radius 3 is 2.00 bits per heavy atom. The molecule has 2 rings (SSSR count). The van der Waals surface area contributed by atoms with Gasteiger partial charge in [-0.15, -0.1) is 0 Å². The minimum atomic E-state index is -0.491. The molecule has 0 N–H and O–H groups in total. The fraction of sp³-hybridized carbons (Fsp3) is 0.200. The van der Waals surface area contributed by atoms with E-state index < -0.39 is 7.92 Å². The molecule has 0 spiro atoms. The minimum absolute atomic E-state index is 0.183. The lowest BCUT2D eigenvalue weighted by Gasteiger charge is -2.23. The summed E-state index contributed by atoms with van der Waals surface area (Å²) in [5, 5.41) is 0.183. The number of benzene rings is 2. The summed E-state index contributed by atoms with van der Waals surface area (Å²) >= 11 is 0. The molecule has 0 aromatic heterocycles. The summed E-state index contributed by atoms with van der Waals surface area (Å²) < 4.78 is 0. The zero-order valence-electron chi connectivity index (χ0n) is 12.9. The molecule has 0 saturated heterocycles. The molecule has 0 aliphatic carbocycles. The van der Waals surface area contributed by atoms with Crippen LogP contribution in [0.3, 0.4) is 0 Å². The van der Waals surface area contributed by atoms with Crippen molar-refractivity contribution in [2.45, 2.75) is 25.9 Å². The molecule has 0 heterocycles. The van der Waals surface area contributed by atoms with Gasteiger partial charge in [0.2, 0.25) is 0 Å². The summed E-state index contributed by atoms with van der Waals surface area (Å²) in [6.45, 7) is 6.77. The molecular formula is C20H21P. The molecule has 1 atom stereocenters. The second-order valence-electron chi connectivity index (χ2n) is 5.87. The van der Waals surface area contributed by atoms with Crippen molar-refractivity contribution in [3.8, 4) is 11.6 Å². The lowest BCUT2D eigenvalue weighted by atomic mass is 10.2. The molecule has 1 heteroatoms. The van der Waals surface area contributed by atoms with Gasteiger partial charge in [0, 0.05) is 13.5 Å². The van der Waals surface area contributed by atoms with Crippen molar-refractivity contribution >= 4 is 14.0 Å². The van der Waals surface area contributed by atoms with Crippen LogP contribution in [-0.2, 0) is 0 Å². The molecule has 2 aromatic rings. The van der Waals surface area contributed by atoms with E-state index in [2.05, 4.69) is 80.6 Å². The van der Waals surface area contributed by atoms with Crippen LogP contribution in [0.25, 0.3) is 6.08 Å². The average molecular weight is 292 g/mol. The molecule has 0 saturated carbocycles. The predicted molar refractivity (Wildman–Crippen MR) is 95.5 cm³/mol. The first kappa shape index (κ1) is 15.6. The van der Waals surface area contributed by atoms with E-state index in [1.54, 1.807) is 0 Å². The molecule has 106 valence electrons. The second kappa shape index (κ2) is 7.26. The van der Waals surface area contributed by atoms with Crippen LogP contribution in [0, 0.1) is 11.6 Å². The van der Waals surface area contributed by atoms with Crippen LogP contribution in [0.15, 0.2) is 66.5 Å². The van der Waals surface area contributed by atoms with E-state index in [9.17, 15) is 0 Å². The molecule has 0 fully saturated rings. The van der Waals surface area contributed by atoms with E-state index in [-0.39, 0.29) is 5.16 Å². The Hall–Kier alpha value is -1.83. The van der Waals surface area contributed by atoms with Crippen LogP contribution in [0.1, 0.15) is 31.9 Å². The van der Waals surface area contributed by atoms with Crippen LogP contribution >= 0.6 is 7.92 Å². The van der Waals surface area contributed by atoms with Gasteiger partial charge in [-0.25, -0.2) is 0 Å². The molecule has 0 aliphatic heterocycles. The average Bonchev–Trinajstić information content (AvgIpc) is 2.48. The van der Waals surface area contributed by atoms with Crippen molar-refractivity contribution in [2.24, 2.45) is 0 Å². The van der Waals surface area contributed by atoms with Crippen LogP contribution in [0.2, 0.25) is 0 Å². The van der Waals surface area contributed by atoms with Crippen molar-refractivity contribution in [1.82, 2.24) is 0 Å². The summed E-state index contributed by atoms with van der Waals surface area (Å²) in [5.74, 6) is 5.59. The highest BCUT2D eigenvalue weighted by atomic mass is 31.1. The molecule has 0 nitrogen and oxygen atoms in total. The Bertz CT molecular complexity index is 637. The zero-order chi connectivity index (χ0) is 15.1. The first-order valence-corrected chi connectivity index (χ1v) is 8.56.